The molecule has 0 bridgehead atoms. The Balaban J connectivity index is 1.63. The number of carbonyl (C=O) groups excluding carboxylic acids is 1. The van der Waals surface area contributed by atoms with E-state index < -0.39 is 0 Å². The van der Waals surface area contributed by atoms with E-state index in [4.69, 9.17) is 11.6 Å². The molecule has 1 fully saturated rings. The average molecular weight is 380 g/mol. The van der Waals surface area contributed by atoms with Crippen molar-refractivity contribution in [2.45, 2.75) is 11.6 Å². The quantitative estimate of drug-likeness (QED) is 0.761. The third-order valence-corrected chi connectivity index (χ3v) is 5.36. The van der Waals surface area contributed by atoms with E-state index >= 15 is 0 Å². The van der Waals surface area contributed by atoms with Gasteiger partial charge in [0.25, 0.3) is 5.91 Å². The van der Waals surface area contributed by atoms with Gasteiger partial charge >= 0.3 is 0 Å². The van der Waals surface area contributed by atoms with Gasteiger partial charge in [-0.25, -0.2) is 9.37 Å². The molecule has 1 aromatic carbocycles. The number of thioether (sulfide) groups is 1. The van der Waals surface area contributed by atoms with E-state index in [1.807, 2.05) is 17.2 Å². The zero-order valence-corrected chi connectivity index (χ0v) is 15.5. The Kier molecular flexibility index (Phi) is 5.93. The number of rotatable bonds is 4. The maximum Gasteiger partial charge on any atom is 0.256 e. The van der Waals surface area contributed by atoms with Gasteiger partial charge in [-0.2, -0.15) is 0 Å². The summed E-state index contributed by atoms with van der Waals surface area (Å²) < 4.78 is 13.9. The summed E-state index contributed by atoms with van der Waals surface area (Å²) >= 11 is 7.57. The smallest absolute Gasteiger partial charge is 0.256 e. The summed E-state index contributed by atoms with van der Waals surface area (Å²) in [5, 5.41) is 1.19. The maximum atomic E-state index is 13.9. The number of amides is 1. The summed E-state index contributed by atoms with van der Waals surface area (Å²) in [7, 11) is 0. The molecule has 1 aliphatic heterocycles. The molecule has 2 heterocycles. The van der Waals surface area contributed by atoms with Crippen molar-refractivity contribution >= 4 is 29.3 Å². The average Bonchev–Trinajstić information content (AvgIpc) is 2.65. The minimum Gasteiger partial charge on any atom is -0.336 e. The van der Waals surface area contributed by atoms with E-state index in [1.165, 1.54) is 17.8 Å². The number of pyridine rings is 1. The molecule has 0 atom stereocenters. The first-order valence-electron chi connectivity index (χ1n) is 8.03. The van der Waals surface area contributed by atoms with Gasteiger partial charge < -0.3 is 4.90 Å². The van der Waals surface area contributed by atoms with Gasteiger partial charge in [0.05, 0.1) is 5.56 Å². The van der Waals surface area contributed by atoms with Crippen molar-refractivity contribution < 1.29 is 9.18 Å². The van der Waals surface area contributed by atoms with Crippen LogP contribution in [0.15, 0.2) is 41.6 Å². The van der Waals surface area contributed by atoms with E-state index in [0.717, 1.165) is 5.03 Å². The number of halogens is 2. The molecule has 0 aliphatic carbocycles. The molecular weight excluding hydrogens is 361 g/mol. The lowest BCUT2D eigenvalue weighted by atomic mass is 10.1. The minimum atomic E-state index is -0.286. The molecule has 1 aliphatic rings. The van der Waals surface area contributed by atoms with E-state index in [9.17, 15) is 9.18 Å². The van der Waals surface area contributed by atoms with E-state index in [0.29, 0.717) is 48.9 Å². The fourth-order valence-electron chi connectivity index (χ4n) is 2.90. The van der Waals surface area contributed by atoms with Crippen molar-refractivity contribution in [1.82, 2.24) is 14.8 Å². The first kappa shape index (κ1) is 18.2. The molecule has 7 heteroatoms. The third kappa shape index (κ3) is 4.14. The molecule has 132 valence electrons. The Hall–Kier alpha value is -1.63. The summed E-state index contributed by atoms with van der Waals surface area (Å²) in [5.41, 5.74) is 1.15. The Morgan fingerprint density at radius 3 is 2.68 bits per heavy atom. The second-order valence-electron chi connectivity index (χ2n) is 5.83. The van der Waals surface area contributed by atoms with Crippen molar-refractivity contribution in [1.29, 1.82) is 0 Å². The monoisotopic (exact) mass is 379 g/mol. The van der Waals surface area contributed by atoms with Gasteiger partial charge in [-0.1, -0.05) is 17.7 Å². The minimum absolute atomic E-state index is 0.000948. The van der Waals surface area contributed by atoms with Crippen molar-refractivity contribution in [3.63, 3.8) is 0 Å². The highest BCUT2D eigenvalue weighted by Gasteiger charge is 2.24. The topological polar surface area (TPSA) is 36.4 Å². The Bertz CT molecular complexity index is 745. The first-order chi connectivity index (χ1) is 12.1. The van der Waals surface area contributed by atoms with Crippen LogP contribution in [-0.2, 0) is 6.54 Å². The maximum absolute atomic E-state index is 13.9. The van der Waals surface area contributed by atoms with Crippen LogP contribution in [0.4, 0.5) is 4.39 Å². The molecule has 0 radical (unpaired) electrons. The van der Waals surface area contributed by atoms with Crippen LogP contribution >= 0.6 is 23.4 Å². The SMILES string of the molecule is CSc1ncccc1C(=O)N1CCN(Cc2c(F)cccc2Cl)CC1. The van der Waals surface area contributed by atoms with E-state index in [1.54, 1.807) is 24.4 Å². The number of aromatic nitrogens is 1. The Morgan fingerprint density at radius 1 is 1.24 bits per heavy atom. The molecule has 0 spiro atoms. The predicted molar refractivity (Wildman–Crippen MR) is 98.6 cm³/mol. The number of carbonyl (C=O) groups is 1. The lowest BCUT2D eigenvalue weighted by Crippen LogP contribution is -2.48. The van der Waals surface area contributed by atoms with Gasteiger partial charge in [0, 0.05) is 49.5 Å². The number of hydrogen-bond donors (Lipinski definition) is 0. The third-order valence-electron chi connectivity index (χ3n) is 4.30. The summed E-state index contributed by atoms with van der Waals surface area (Å²) in [6.07, 6.45) is 3.61. The number of hydrogen-bond acceptors (Lipinski definition) is 4. The predicted octanol–water partition coefficient (Wildman–Crippen LogP) is 3.55. The molecule has 1 aromatic heterocycles. The highest BCUT2D eigenvalue weighted by atomic mass is 35.5. The molecule has 0 N–H and O–H groups in total. The molecule has 0 saturated carbocycles. The summed E-state index contributed by atoms with van der Waals surface area (Å²) in [4.78, 5) is 20.9. The molecule has 4 nitrogen and oxygen atoms in total. The first-order valence-corrected chi connectivity index (χ1v) is 9.64. The zero-order chi connectivity index (χ0) is 17.8. The van der Waals surface area contributed by atoms with Gasteiger partial charge in [0.1, 0.15) is 10.8 Å². The summed E-state index contributed by atoms with van der Waals surface area (Å²) in [6.45, 7) is 3.04. The molecular formula is C18H19ClFN3OS. The lowest BCUT2D eigenvalue weighted by molar-refractivity contribution is 0.0623. The van der Waals surface area contributed by atoms with Gasteiger partial charge in [-0.05, 0) is 30.5 Å². The number of piperazine rings is 1. The van der Waals surface area contributed by atoms with Crippen LogP contribution < -0.4 is 0 Å². The normalized spacial score (nSPS) is 15.4. The zero-order valence-electron chi connectivity index (χ0n) is 13.9. The van der Waals surface area contributed by atoms with Crippen LogP contribution in [0.25, 0.3) is 0 Å². The molecule has 2 aromatic rings. The van der Waals surface area contributed by atoms with Gasteiger partial charge in [0.15, 0.2) is 0 Å². The summed E-state index contributed by atoms with van der Waals surface area (Å²) in [5.74, 6) is -0.285. The molecule has 1 amide bonds. The van der Waals surface area contributed by atoms with Crippen molar-refractivity contribution in [3.8, 4) is 0 Å². The highest BCUT2D eigenvalue weighted by molar-refractivity contribution is 7.98. The Labute approximate surface area is 156 Å². The second kappa shape index (κ2) is 8.17. The van der Waals surface area contributed by atoms with Gasteiger partial charge in [0.2, 0.25) is 0 Å². The fraction of sp³-hybridized carbons (Fsp3) is 0.333. The van der Waals surface area contributed by atoms with Crippen LogP contribution in [-0.4, -0.2) is 53.1 Å². The summed E-state index contributed by atoms with van der Waals surface area (Å²) in [6, 6.07) is 8.32. The van der Waals surface area contributed by atoms with Gasteiger partial charge in [-0.15, -0.1) is 11.8 Å². The van der Waals surface area contributed by atoms with Crippen molar-refractivity contribution in [3.05, 3.63) is 58.5 Å². The largest absolute Gasteiger partial charge is 0.336 e. The van der Waals surface area contributed by atoms with Crippen LogP contribution in [0, 0.1) is 5.82 Å². The van der Waals surface area contributed by atoms with Crippen LogP contribution in [0.5, 0.6) is 0 Å². The van der Waals surface area contributed by atoms with E-state index in [2.05, 4.69) is 9.88 Å². The molecule has 1 saturated heterocycles. The van der Waals surface area contributed by atoms with Crippen LogP contribution in [0.2, 0.25) is 5.02 Å². The van der Waals surface area contributed by atoms with E-state index in [-0.39, 0.29) is 11.7 Å². The standard InChI is InChI=1S/C18H19ClFN3OS/c1-25-17-13(4-3-7-21-17)18(24)23-10-8-22(9-11-23)12-14-15(19)5-2-6-16(14)20/h2-7H,8-12H2,1H3. The molecule has 0 unspecified atom stereocenters. The van der Waals surface area contributed by atoms with Gasteiger partial charge in [-0.3, -0.25) is 9.69 Å². The second-order valence-corrected chi connectivity index (χ2v) is 7.03. The number of benzene rings is 1. The molecule has 3 rings (SSSR count). The molecule has 25 heavy (non-hydrogen) atoms. The van der Waals surface area contributed by atoms with Crippen LogP contribution in [0.3, 0.4) is 0 Å². The highest BCUT2D eigenvalue weighted by Crippen LogP contribution is 2.23. The van der Waals surface area contributed by atoms with Crippen LogP contribution in [0.1, 0.15) is 15.9 Å². The lowest BCUT2D eigenvalue weighted by Gasteiger charge is -2.35. The number of nitrogens with zero attached hydrogens (tertiary/aromatic N) is 3. The van der Waals surface area contributed by atoms with Crippen molar-refractivity contribution in [2.24, 2.45) is 0 Å². The Morgan fingerprint density at radius 2 is 2.00 bits per heavy atom. The fourth-order valence-corrected chi connectivity index (χ4v) is 3.67. The van der Waals surface area contributed by atoms with Crippen molar-refractivity contribution in [2.75, 3.05) is 32.4 Å².